The average Bonchev–Trinajstić information content (AvgIpc) is 2.12. The Hall–Kier alpha value is 0.0686. The Morgan fingerprint density at radius 3 is 1.17 bits per heavy atom. The molecule has 65 valence electrons. The van der Waals surface area contributed by atoms with E-state index in [1.165, 1.54) is 0 Å². The molecule has 0 fully saturated rings. The molecule has 0 heterocycles. The van der Waals surface area contributed by atoms with Crippen LogP contribution in [-0.4, -0.2) is 28.4 Å². The number of rotatable bonds is 5. The van der Waals surface area contributed by atoms with Gasteiger partial charge in [0.2, 0.25) is 0 Å². The van der Waals surface area contributed by atoms with Gasteiger partial charge < -0.3 is 0 Å². The third-order valence-corrected chi connectivity index (χ3v) is 6.25. The Balaban J connectivity index is 0. The van der Waals surface area contributed by atoms with Crippen LogP contribution in [0, 0.1) is 0 Å². The van der Waals surface area contributed by atoms with E-state index in [1.54, 1.807) is 0 Å². The summed E-state index contributed by atoms with van der Waals surface area (Å²) in [6.45, 7) is 0. The molecule has 1 N–H and O–H groups in total. The first kappa shape index (κ1) is 14.6. The van der Waals surface area contributed by atoms with E-state index in [1.807, 2.05) is 0 Å². The monoisotopic (exact) mass is 243 g/mol. The number of aliphatic hydroxyl groups excluding tert-OH is 1. The predicted molar refractivity (Wildman–Crippen MR) is 34.1 cm³/mol. The van der Waals surface area contributed by atoms with Crippen LogP contribution in [0.5, 0.6) is 0 Å². The Bertz CT molecular complexity index is 170. The zero-order chi connectivity index (χ0) is 8.98. The first-order valence-corrected chi connectivity index (χ1v) is 7.48. The summed E-state index contributed by atoms with van der Waals surface area (Å²) in [6.07, 6.45) is 0. The van der Waals surface area contributed by atoms with Crippen LogP contribution in [0.15, 0.2) is 0 Å². The Morgan fingerprint density at radius 1 is 0.917 bits per heavy atom. The molecule has 0 aromatic rings. The molecular weight excluding hydrogens is 236 g/mol. The quantitative estimate of drug-likeness (QED) is 0.463. The first-order valence-electron chi connectivity index (χ1n) is 2.77. The Labute approximate surface area is 84.3 Å². The second-order valence-electron chi connectivity index (χ2n) is 2.45. The molecule has 0 saturated heterocycles. The van der Waals surface area contributed by atoms with Crippen molar-refractivity contribution in [3.63, 3.8) is 0 Å². The van der Waals surface area contributed by atoms with Gasteiger partial charge in [0.1, 0.15) is 0 Å². The standard InChI is InChI=1S/CH3O.4CHO.2Ti/c5*1-2;;/h2H,1H2;4*1H;;. The van der Waals surface area contributed by atoms with E-state index in [0.29, 0.717) is 0 Å². The zero-order valence-corrected chi connectivity index (χ0v) is 9.22. The van der Waals surface area contributed by atoms with E-state index in [9.17, 15) is 19.2 Å². The maximum atomic E-state index is 10.3. The third-order valence-electron chi connectivity index (χ3n) is 1.51. The van der Waals surface area contributed by atoms with Crippen LogP contribution in [0.3, 0.4) is 0 Å². The molecule has 0 rings (SSSR count). The summed E-state index contributed by atoms with van der Waals surface area (Å²) < 4.78 is 0.0722. The second kappa shape index (κ2) is 4.94. The van der Waals surface area contributed by atoms with Crippen molar-refractivity contribution in [1.82, 2.24) is 0 Å². The van der Waals surface area contributed by atoms with Crippen molar-refractivity contribution < 1.29 is 61.3 Å². The molecule has 0 aliphatic carbocycles. The minimum absolute atomic E-state index is 0. The SMILES string of the molecule is O=[CH][Ti]([CH]=O)([CH]=O)([CH]=O)[CH2]O.[Ti]. The van der Waals surface area contributed by atoms with Crippen LogP contribution in [0.25, 0.3) is 0 Å². The molecule has 0 unspecified atom stereocenters. The average molecular weight is 243 g/mol. The summed E-state index contributed by atoms with van der Waals surface area (Å²) in [5.74, 6) is 0. The summed E-state index contributed by atoms with van der Waals surface area (Å²) in [7, 11) is 0. The predicted octanol–water partition coefficient (Wildman–Crippen LogP) is -1.62. The van der Waals surface area contributed by atoms with Crippen molar-refractivity contribution in [2.45, 2.75) is 0 Å². The van der Waals surface area contributed by atoms with Crippen LogP contribution in [0.1, 0.15) is 0 Å². The van der Waals surface area contributed by atoms with E-state index in [0.717, 1.165) is 0 Å². The number of hydrogen-bond donors (Lipinski definition) is 1. The van der Waals surface area contributed by atoms with Crippen molar-refractivity contribution in [1.29, 1.82) is 0 Å². The van der Waals surface area contributed by atoms with Gasteiger partial charge in [-0.15, -0.1) is 0 Å². The van der Waals surface area contributed by atoms with Gasteiger partial charge in [0.15, 0.2) is 0 Å². The Morgan fingerprint density at radius 2 is 1.17 bits per heavy atom. The van der Waals surface area contributed by atoms with E-state index in [-0.39, 0.29) is 40.1 Å². The smallest absolute Gasteiger partial charge is 0 e. The van der Waals surface area contributed by atoms with Crippen LogP contribution in [0.4, 0.5) is 0 Å². The van der Waals surface area contributed by atoms with Gasteiger partial charge in [0, 0.05) is 21.7 Å². The normalized spacial score (nSPS) is 12.9. The molecular formula is C5H7O5Ti2. The summed E-state index contributed by atoms with van der Waals surface area (Å²) in [4.78, 5) is 40.3. The third kappa shape index (κ3) is 2.06. The van der Waals surface area contributed by atoms with Gasteiger partial charge in [-0.2, -0.15) is 0 Å². The summed E-state index contributed by atoms with van der Waals surface area (Å²) in [6, 6.07) is 0. The molecule has 0 saturated carbocycles. The number of hydrogen-bond acceptors (Lipinski definition) is 5. The maximum Gasteiger partial charge on any atom is 0 e. The van der Waals surface area contributed by atoms with Crippen LogP contribution in [-0.2, 0) is 56.2 Å². The molecule has 0 aromatic heterocycles. The molecule has 0 atom stereocenters. The Kier molecular flexibility index (Phi) is 6.01. The van der Waals surface area contributed by atoms with Crippen molar-refractivity contribution in [2.75, 3.05) is 4.91 Å². The summed E-state index contributed by atoms with van der Waals surface area (Å²) in [5.41, 5.74) is 0. The molecule has 12 heavy (non-hydrogen) atoms. The molecule has 0 spiro atoms. The fourth-order valence-corrected chi connectivity index (χ4v) is 1.30. The fourth-order valence-electron chi connectivity index (χ4n) is 0.316. The van der Waals surface area contributed by atoms with Crippen molar-refractivity contribution >= 4 is 18.4 Å². The van der Waals surface area contributed by atoms with E-state index in [4.69, 9.17) is 5.11 Å². The van der Waals surface area contributed by atoms with E-state index < -0.39 is 20.2 Å². The maximum absolute atomic E-state index is 10.3. The van der Waals surface area contributed by atoms with Gasteiger partial charge in [-0.25, -0.2) is 0 Å². The number of carbonyl (C=O) groups is 4. The van der Waals surface area contributed by atoms with Gasteiger partial charge in [0.25, 0.3) is 0 Å². The first-order chi connectivity index (χ1) is 5.12. The second-order valence-corrected chi connectivity index (χ2v) is 10.1. The van der Waals surface area contributed by atoms with Gasteiger partial charge in [-0.1, -0.05) is 0 Å². The van der Waals surface area contributed by atoms with Crippen LogP contribution in [0.2, 0.25) is 0 Å². The van der Waals surface area contributed by atoms with Crippen LogP contribution < -0.4 is 0 Å². The van der Waals surface area contributed by atoms with E-state index >= 15 is 0 Å². The van der Waals surface area contributed by atoms with Gasteiger partial charge >= 0.3 is 62.9 Å². The van der Waals surface area contributed by atoms with Crippen molar-refractivity contribution in [2.24, 2.45) is 0 Å². The summed E-state index contributed by atoms with van der Waals surface area (Å²) >= 11 is -5.03. The number of aliphatic hydroxyl groups is 1. The van der Waals surface area contributed by atoms with Crippen LogP contribution >= 0.6 is 0 Å². The molecule has 0 amide bonds. The molecule has 0 aliphatic rings. The van der Waals surface area contributed by atoms with Gasteiger partial charge in [-0.05, 0) is 0 Å². The minimum atomic E-state index is -5.03. The zero-order valence-electron chi connectivity index (χ0n) is 6.10. The fraction of sp³-hybridized carbons (Fsp3) is 0.200. The van der Waals surface area contributed by atoms with Crippen molar-refractivity contribution in [3.05, 3.63) is 0 Å². The summed E-state index contributed by atoms with van der Waals surface area (Å²) in [5, 5.41) is 8.59. The minimum Gasteiger partial charge on any atom is 0 e. The van der Waals surface area contributed by atoms with E-state index in [2.05, 4.69) is 0 Å². The molecule has 0 aromatic carbocycles. The van der Waals surface area contributed by atoms with Gasteiger partial charge in [-0.3, -0.25) is 0 Å². The van der Waals surface area contributed by atoms with Crippen molar-refractivity contribution in [3.8, 4) is 0 Å². The molecule has 7 heteroatoms. The molecule has 0 aliphatic heterocycles. The van der Waals surface area contributed by atoms with Gasteiger partial charge in [0.05, 0.1) is 0 Å². The molecule has 5 nitrogen and oxygen atoms in total. The topological polar surface area (TPSA) is 88.5 Å². The molecule has 0 bridgehead atoms. The molecule has 0 radical (unpaired) electrons. The largest absolute Gasteiger partial charge is 0 e. The number of carbonyl (C=O) groups excluding carboxylic acids is 4.